The maximum atomic E-state index is 10.9. The summed E-state index contributed by atoms with van der Waals surface area (Å²) in [6.45, 7) is 4.90. The average Bonchev–Trinajstić information content (AvgIpc) is 2.47. The molecule has 0 bridgehead atoms. The van der Waals surface area contributed by atoms with E-state index in [1.807, 2.05) is 0 Å². The van der Waals surface area contributed by atoms with Gasteiger partial charge in [-0.05, 0) is 32.3 Å². The highest BCUT2D eigenvalue weighted by atomic mass is 16.6. The molecule has 21 heavy (non-hydrogen) atoms. The van der Waals surface area contributed by atoms with Gasteiger partial charge in [-0.3, -0.25) is 10.1 Å². The minimum atomic E-state index is -0.398. The Kier molecular flexibility index (Phi) is 4.67. The first-order chi connectivity index (χ1) is 9.97. The molecule has 0 spiro atoms. The van der Waals surface area contributed by atoms with Crippen LogP contribution in [0.1, 0.15) is 33.1 Å². The lowest BCUT2D eigenvalue weighted by atomic mass is 9.90. The molecule has 6 nitrogen and oxygen atoms in total. The van der Waals surface area contributed by atoms with Gasteiger partial charge in [0.1, 0.15) is 5.75 Å². The van der Waals surface area contributed by atoms with Crippen molar-refractivity contribution in [3.05, 3.63) is 28.3 Å². The van der Waals surface area contributed by atoms with E-state index >= 15 is 0 Å². The first kappa shape index (κ1) is 15.6. The number of anilines is 1. The molecule has 2 atom stereocenters. The van der Waals surface area contributed by atoms with Crippen LogP contribution in [0.15, 0.2) is 18.2 Å². The van der Waals surface area contributed by atoms with Crippen molar-refractivity contribution in [2.24, 2.45) is 0 Å². The molecule has 1 fully saturated rings. The van der Waals surface area contributed by atoms with Gasteiger partial charge in [-0.15, -0.1) is 0 Å². The fraction of sp³-hybridized carbons (Fsp3) is 0.600. The second-order valence-electron chi connectivity index (χ2n) is 5.63. The van der Waals surface area contributed by atoms with Crippen LogP contribution < -0.4 is 10.1 Å². The van der Waals surface area contributed by atoms with E-state index in [-0.39, 0.29) is 17.3 Å². The van der Waals surface area contributed by atoms with E-state index in [0.29, 0.717) is 18.0 Å². The molecule has 0 radical (unpaired) electrons. The molecule has 2 rings (SSSR count). The number of nitro groups is 1. The molecule has 1 aliphatic heterocycles. The number of hydrogen-bond donors (Lipinski definition) is 1. The van der Waals surface area contributed by atoms with Crippen LogP contribution in [0.5, 0.6) is 5.75 Å². The van der Waals surface area contributed by atoms with Crippen LogP contribution in [0.2, 0.25) is 0 Å². The third kappa shape index (κ3) is 3.64. The van der Waals surface area contributed by atoms with Gasteiger partial charge in [0.25, 0.3) is 5.69 Å². The lowest BCUT2D eigenvalue weighted by Gasteiger charge is -2.38. The predicted octanol–water partition coefficient (Wildman–Crippen LogP) is 3.36. The molecule has 0 aliphatic carbocycles. The zero-order chi connectivity index (χ0) is 15.5. The van der Waals surface area contributed by atoms with Gasteiger partial charge in [-0.25, -0.2) is 0 Å². The van der Waals surface area contributed by atoms with E-state index in [0.717, 1.165) is 19.3 Å². The van der Waals surface area contributed by atoms with Crippen molar-refractivity contribution in [1.29, 1.82) is 0 Å². The minimum absolute atomic E-state index is 0.0589. The molecule has 1 heterocycles. The maximum Gasteiger partial charge on any atom is 0.271 e. The van der Waals surface area contributed by atoms with Crippen LogP contribution >= 0.6 is 0 Å². The van der Waals surface area contributed by atoms with E-state index in [1.165, 1.54) is 12.1 Å². The molecule has 1 N–H and O–H groups in total. The number of benzene rings is 1. The summed E-state index contributed by atoms with van der Waals surface area (Å²) in [5.41, 5.74) is 0.588. The third-order valence-corrected chi connectivity index (χ3v) is 4.10. The molecule has 1 saturated heterocycles. The van der Waals surface area contributed by atoms with Gasteiger partial charge in [0.2, 0.25) is 0 Å². The number of non-ortho nitro benzene ring substituents is 1. The molecular weight excluding hydrogens is 272 g/mol. The van der Waals surface area contributed by atoms with Crippen LogP contribution in [0.3, 0.4) is 0 Å². The zero-order valence-electron chi connectivity index (χ0n) is 12.7. The molecule has 6 heteroatoms. The molecule has 0 amide bonds. The van der Waals surface area contributed by atoms with Crippen LogP contribution in [0.4, 0.5) is 11.4 Å². The van der Waals surface area contributed by atoms with E-state index in [2.05, 4.69) is 19.2 Å². The van der Waals surface area contributed by atoms with Crippen molar-refractivity contribution in [2.45, 2.75) is 44.8 Å². The number of methoxy groups -OCH3 is 1. The number of nitro benzene ring substituents is 1. The monoisotopic (exact) mass is 294 g/mol. The highest BCUT2D eigenvalue weighted by Gasteiger charge is 2.32. The highest BCUT2D eigenvalue weighted by molar-refractivity contribution is 5.62. The average molecular weight is 294 g/mol. The number of hydrogen-bond acceptors (Lipinski definition) is 5. The fourth-order valence-corrected chi connectivity index (χ4v) is 2.64. The summed E-state index contributed by atoms with van der Waals surface area (Å²) in [5.74, 6) is 0.616. The Balaban J connectivity index is 2.18. The summed E-state index contributed by atoms with van der Waals surface area (Å²) in [6.07, 6.45) is 2.69. The first-order valence-corrected chi connectivity index (χ1v) is 7.20. The third-order valence-electron chi connectivity index (χ3n) is 4.10. The number of rotatable bonds is 5. The maximum absolute atomic E-state index is 10.9. The molecular formula is C15H22N2O4. The molecule has 1 aromatic rings. The predicted molar refractivity (Wildman–Crippen MR) is 80.9 cm³/mol. The van der Waals surface area contributed by atoms with Crippen LogP contribution in [-0.4, -0.2) is 30.3 Å². The Bertz CT molecular complexity index is 520. The van der Waals surface area contributed by atoms with Crippen LogP contribution in [-0.2, 0) is 4.74 Å². The van der Waals surface area contributed by atoms with E-state index < -0.39 is 4.92 Å². The Hall–Kier alpha value is -1.82. The van der Waals surface area contributed by atoms with Crippen LogP contribution in [0, 0.1) is 10.1 Å². The molecule has 116 valence electrons. The van der Waals surface area contributed by atoms with Crippen molar-refractivity contribution in [3.8, 4) is 5.75 Å². The topological polar surface area (TPSA) is 73.6 Å². The van der Waals surface area contributed by atoms with Gasteiger partial charge in [-0.1, -0.05) is 6.92 Å². The Labute approximate surface area is 124 Å². The second-order valence-corrected chi connectivity index (χ2v) is 5.63. The SMILES string of the molecule is CCC1(C)CC(Nc2cc([N+](=O)[O-])ccc2OC)CCO1. The molecule has 1 aliphatic rings. The van der Waals surface area contributed by atoms with Gasteiger partial charge >= 0.3 is 0 Å². The lowest BCUT2D eigenvalue weighted by molar-refractivity contribution is -0.384. The second kappa shape index (κ2) is 6.30. The largest absolute Gasteiger partial charge is 0.495 e. The van der Waals surface area contributed by atoms with E-state index in [1.54, 1.807) is 13.2 Å². The number of ether oxygens (including phenoxy) is 2. The highest BCUT2D eigenvalue weighted by Crippen LogP contribution is 2.34. The van der Waals surface area contributed by atoms with Crippen molar-refractivity contribution in [1.82, 2.24) is 0 Å². The first-order valence-electron chi connectivity index (χ1n) is 7.20. The normalized spacial score (nSPS) is 25.4. The molecule has 2 unspecified atom stereocenters. The Morgan fingerprint density at radius 3 is 2.95 bits per heavy atom. The number of nitrogens with one attached hydrogen (secondary N) is 1. The van der Waals surface area contributed by atoms with Gasteiger partial charge in [0, 0.05) is 24.8 Å². The van der Waals surface area contributed by atoms with E-state index in [4.69, 9.17) is 9.47 Å². The summed E-state index contributed by atoms with van der Waals surface area (Å²) in [5, 5.41) is 14.3. The number of nitrogens with zero attached hydrogens (tertiary/aromatic N) is 1. The van der Waals surface area contributed by atoms with Gasteiger partial charge in [-0.2, -0.15) is 0 Å². The Morgan fingerprint density at radius 2 is 2.33 bits per heavy atom. The van der Waals surface area contributed by atoms with E-state index in [9.17, 15) is 10.1 Å². The van der Waals surface area contributed by atoms with Crippen LogP contribution in [0.25, 0.3) is 0 Å². The summed E-state index contributed by atoms with van der Waals surface area (Å²) >= 11 is 0. The summed E-state index contributed by atoms with van der Waals surface area (Å²) in [7, 11) is 1.56. The molecule has 0 aromatic heterocycles. The lowest BCUT2D eigenvalue weighted by Crippen LogP contribution is -2.41. The van der Waals surface area contributed by atoms with Crippen molar-refractivity contribution in [3.63, 3.8) is 0 Å². The van der Waals surface area contributed by atoms with Crippen molar-refractivity contribution >= 4 is 11.4 Å². The minimum Gasteiger partial charge on any atom is -0.495 e. The summed E-state index contributed by atoms with van der Waals surface area (Å²) in [4.78, 5) is 10.5. The molecule has 0 saturated carbocycles. The van der Waals surface area contributed by atoms with Gasteiger partial charge in [0.15, 0.2) is 0 Å². The summed E-state index contributed by atoms with van der Waals surface area (Å²) < 4.78 is 11.1. The fourth-order valence-electron chi connectivity index (χ4n) is 2.64. The summed E-state index contributed by atoms with van der Waals surface area (Å²) in [6, 6.07) is 4.82. The van der Waals surface area contributed by atoms with Gasteiger partial charge in [0.05, 0.1) is 23.3 Å². The quantitative estimate of drug-likeness (QED) is 0.666. The zero-order valence-corrected chi connectivity index (χ0v) is 12.7. The van der Waals surface area contributed by atoms with Crippen molar-refractivity contribution < 1.29 is 14.4 Å². The van der Waals surface area contributed by atoms with Gasteiger partial charge < -0.3 is 14.8 Å². The standard InChI is InChI=1S/C15H22N2O4/c1-4-15(2)10-11(7-8-21-15)16-13-9-12(17(18)19)5-6-14(13)20-3/h5-6,9,11,16H,4,7-8,10H2,1-3H3. The van der Waals surface area contributed by atoms with Crippen molar-refractivity contribution in [2.75, 3.05) is 19.0 Å². The molecule has 1 aromatic carbocycles. The smallest absolute Gasteiger partial charge is 0.271 e. The Morgan fingerprint density at radius 1 is 1.57 bits per heavy atom.